The van der Waals surface area contributed by atoms with Gasteiger partial charge in [-0.25, -0.2) is 4.79 Å². The normalized spacial score (nSPS) is 32.3. The molecule has 3 rings (SSSR count). The van der Waals surface area contributed by atoms with E-state index in [4.69, 9.17) is 4.74 Å². The average Bonchev–Trinajstić information content (AvgIpc) is 2.59. The monoisotopic (exact) mass is 364 g/mol. The largest absolute Gasteiger partial charge is 0.444 e. The summed E-state index contributed by atoms with van der Waals surface area (Å²) < 4.78 is 5.72. The van der Waals surface area contributed by atoms with Crippen molar-refractivity contribution in [1.29, 1.82) is 0 Å². The number of likely N-dealkylation sites (tertiary alicyclic amines) is 1. The Kier molecular flexibility index (Phi) is 5.91. The quantitative estimate of drug-likeness (QED) is 0.689. The van der Waals surface area contributed by atoms with Gasteiger partial charge in [0, 0.05) is 18.1 Å². The topological polar surface area (TPSA) is 32.8 Å². The van der Waals surface area contributed by atoms with Crippen LogP contribution < -0.4 is 0 Å². The van der Waals surface area contributed by atoms with Gasteiger partial charge in [-0.05, 0) is 84.2 Å². The van der Waals surface area contributed by atoms with E-state index < -0.39 is 5.60 Å². The highest BCUT2D eigenvalue weighted by Gasteiger charge is 2.45. The highest BCUT2D eigenvalue weighted by molar-refractivity contribution is 5.69. The van der Waals surface area contributed by atoms with Crippen molar-refractivity contribution in [1.82, 2.24) is 9.80 Å². The predicted molar refractivity (Wildman–Crippen MR) is 106 cm³/mol. The molecule has 1 amide bonds. The molecule has 4 nitrogen and oxygen atoms in total. The van der Waals surface area contributed by atoms with Gasteiger partial charge in [0.2, 0.25) is 0 Å². The molecule has 0 aromatic rings. The number of ether oxygens (including phenoxy) is 1. The van der Waals surface area contributed by atoms with Gasteiger partial charge in [0.05, 0.1) is 0 Å². The third kappa shape index (κ3) is 4.21. The Balaban J connectivity index is 1.62. The molecule has 0 spiro atoms. The Morgan fingerprint density at radius 2 is 1.54 bits per heavy atom. The summed E-state index contributed by atoms with van der Waals surface area (Å²) in [5.41, 5.74) is 0.183. The summed E-state index contributed by atoms with van der Waals surface area (Å²) in [6, 6.07) is 1.42. The molecule has 150 valence electrons. The molecular formula is C22H40N2O2. The molecule has 2 bridgehead atoms. The summed E-state index contributed by atoms with van der Waals surface area (Å²) in [6.45, 7) is 13.1. The third-order valence-corrected chi connectivity index (χ3v) is 7.43. The molecule has 3 saturated heterocycles. The Morgan fingerprint density at radius 3 is 2.00 bits per heavy atom. The molecule has 3 heterocycles. The summed E-state index contributed by atoms with van der Waals surface area (Å²) in [4.78, 5) is 17.6. The molecule has 2 atom stereocenters. The van der Waals surface area contributed by atoms with Gasteiger partial charge >= 0.3 is 6.09 Å². The van der Waals surface area contributed by atoms with Crippen molar-refractivity contribution < 1.29 is 9.53 Å². The molecule has 4 heteroatoms. The molecule has 0 aromatic carbocycles. The minimum atomic E-state index is -0.404. The fourth-order valence-electron chi connectivity index (χ4n) is 5.58. The number of carbonyl (C=O) groups excluding carboxylic acids is 1. The summed E-state index contributed by atoms with van der Waals surface area (Å²) in [5, 5.41) is 0. The van der Waals surface area contributed by atoms with E-state index in [9.17, 15) is 4.79 Å². The van der Waals surface area contributed by atoms with E-state index >= 15 is 0 Å². The molecule has 3 aliphatic heterocycles. The molecule has 0 saturated carbocycles. The summed E-state index contributed by atoms with van der Waals surface area (Å²) >= 11 is 0. The van der Waals surface area contributed by atoms with Crippen LogP contribution in [0.25, 0.3) is 0 Å². The van der Waals surface area contributed by atoms with Crippen LogP contribution in [0.1, 0.15) is 92.4 Å². The van der Waals surface area contributed by atoms with E-state index in [1.807, 2.05) is 20.8 Å². The predicted octanol–water partition coefficient (Wildman–Crippen LogP) is 5.21. The number of nitrogens with zero attached hydrogens (tertiary/aromatic N) is 2. The highest BCUT2D eigenvalue weighted by Crippen LogP contribution is 2.42. The molecule has 0 aromatic heterocycles. The average molecular weight is 365 g/mol. The van der Waals surface area contributed by atoms with E-state index in [0.717, 1.165) is 25.7 Å². The first kappa shape index (κ1) is 20.0. The number of hydrogen-bond acceptors (Lipinski definition) is 3. The fourth-order valence-corrected chi connectivity index (χ4v) is 5.58. The van der Waals surface area contributed by atoms with Crippen LogP contribution in [0.3, 0.4) is 0 Å². The minimum Gasteiger partial charge on any atom is -0.444 e. The smallest absolute Gasteiger partial charge is 0.410 e. The van der Waals surface area contributed by atoms with E-state index in [-0.39, 0.29) is 6.09 Å². The van der Waals surface area contributed by atoms with Crippen LogP contribution in [-0.2, 0) is 4.74 Å². The highest BCUT2D eigenvalue weighted by atomic mass is 16.6. The van der Waals surface area contributed by atoms with E-state index in [2.05, 4.69) is 23.6 Å². The van der Waals surface area contributed by atoms with Gasteiger partial charge in [0.15, 0.2) is 0 Å². The lowest BCUT2D eigenvalue weighted by Crippen LogP contribution is -2.60. The van der Waals surface area contributed by atoms with E-state index in [1.165, 1.54) is 45.2 Å². The Hall–Kier alpha value is -0.770. The van der Waals surface area contributed by atoms with Gasteiger partial charge in [-0.1, -0.05) is 26.7 Å². The Bertz CT molecular complexity index is 471. The van der Waals surface area contributed by atoms with Crippen molar-refractivity contribution in [2.24, 2.45) is 5.41 Å². The molecule has 3 fully saturated rings. The number of amides is 1. The first-order valence-corrected chi connectivity index (χ1v) is 11.0. The second-order valence-corrected chi connectivity index (χ2v) is 9.99. The SMILES string of the molecule is CCC1(CC)CCN(C2CC3CCCC(C2)N3C(=O)OC(C)(C)C)CC1. The van der Waals surface area contributed by atoms with Crippen LogP contribution in [0, 0.1) is 5.41 Å². The van der Waals surface area contributed by atoms with Crippen LogP contribution >= 0.6 is 0 Å². The molecule has 3 aliphatic rings. The van der Waals surface area contributed by atoms with Gasteiger partial charge in [0.25, 0.3) is 0 Å². The van der Waals surface area contributed by atoms with E-state index in [1.54, 1.807) is 0 Å². The van der Waals surface area contributed by atoms with Crippen molar-refractivity contribution in [2.45, 2.75) is 116 Å². The number of fused-ring (bicyclic) bond motifs is 2. The molecule has 0 N–H and O–H groups in total. The van der Waals surface area contributed by atoms with Crippen molar-refractivity contribution in [3.05, 3.63) is 0 Å². The number of rotatable bonds is 3. The van der Waals surface area contributed by atoms with Crippen molar-refractivity contribution >= 4 is 6.09 Å². The van der Waals surface area contributed by atoms with Crippen LogP contribution in [0.2, 0.25) is 0 Å². The molecular weight excluding hydrogens is 324 g/mol. The molecule has 0 aliphatic carbocycles. The fraction of sp³-hybridized carbons (Fsp3) is 0.955. The summed E-state index contributed by atoms with van der Waals surface area (Å²) in [5.74, 6) is 0. The lowest BCUT2D eigenvalue weighted by molar-refractivity contribution is -0.0442. The standard InChI is InChI=1S/C22H40N2O2/c1-6-22(7-2)11-13-23(14-12-22)19-15-17-9-8-10-18(16-19)24(17)20(25)26-21(3,4)5/h17-19H,6-16H2,1-5H3. The van der Waals surface area contributed by atoms with Gasteiger partial charge in [-0.2, -0.15) is 0 Å². The van der Waals surface area contributed by atoms with Gasteiger partial charge in [0.1, 0.15) is 5.60 Å². The van der Waals surface area contributed by atoms with Gasteiger partial charge in [-0.3, -0.25) is 0 Å². The zero-order valence-electron chi connectivity index (χ0n) is 17.7. The molecule has 26 heavy (non-hydrogen) atoms. The molecule has 0 radical (unpaired) electrons. The lowest BCUT2D eigenvalue weighted by atomic mass is 9.73. The van der Waals surface area contributed by atoms with Gasteiger partial charge < -0.3 is 14.5 Å². The van der Waals surface area contributed by atoms with Crippen LogP contribution in [0.15, 0.2) is 0 Å². The molecule has 2 unspecified atom stereocenters. The first-order chi connectivity index (χ1) is 12.3. The van der Waals surface area contributed by atoms with Crippen LogP contribution in [0.5, 0.6) is 0 Å². The maximum absolute atomic E-state index is 12.8. The second kappa shape index (κ2) is 7.69. The van der Waals surface area contributed by atoms with Crippen molar-refractivity contribution in [3.8, 4) is 0 Å². The summed E-state index contributed by atoms with van der Waals surface area (Å²) in [6.07, 6.45) is 11.1. The van der Waals surface area contributed by atoms with Crippen molar-refractivity contribution in [2.75, 3.05) is 13.1 Å². The lowest BCUT2D eigenvalue weighted by Gasteiger charge is -2.52. The Morgan fingerprint density at radius 1 is 1.00 bits per heavy atom. The number of hydrogen-bond donors (Lipinski definition) is 0. The third-order valence-electron chi connectivity index (χ3n) is 7.43. The van der Waals surface area contributed by atoms with Gasteiger partial charge in [-0.15, -0.1) is 0 Å². The van der Waals surface area contributed by atoms with E-state index in [0.29, 0.717) is 23.5 Å². The van der Waals surface area contributed by atoms with Crippen molar-refractivity contribution in [3.63, 3.8) is 0 Å². The maximum Gasteiger partial charge on any atom is 0.410 e. The zero-order valence-corrected chi connectivity index (χ0v) is 17.7. The first-order valence-electron chi connectivity index (χ1n) is 11.0. The van der Waals surface area contributed by atoms with Crippen LogP contribution in [-0.4, -0.2) is 52.7 Å². The zero-order chi connectivity index (χ0) is 18.9. The Labute approximate surface area is 160 Å². The number of carbonyl (C=O) groups is 1. The minimum absolute atomic E-state index is 0.0831. The second-order valence-electron chi connectivity index (χ2n) is 9.99. The summed E-state index contributed by atoms with van der Waals surface area (Å²) in [7, 11) is 0. The van der Waals surface area contributed by atoms with Crippen LogP contribution in [0.4, 0.5) is 4.79 Å². The maximum atomic E-state index is 12.8. The number of piperidine rings is 3.